The average Bonchev–Trinajstić information content (AvgIpc) is 3.36. The third-order valence-corrected chi connectivity index (χ3v) is 17.5. The Kier molecular flexibility index (Phi) is 22.7. The van der Waals surface area contributed by atoms with Gasteiger partial charge in [-0.05, 0) is 111 Å². The van der Waals surface area contributed by atoms with E-state index < -0.39 is 142 Å². The Morgan fingerprint density at radius 3 is 2.26 bits per heavy atom. The van der Waals surface area contributed by atoms with E-state index in [1.807, 2.05) is 13.8 Å². The number of oxime groups is 1. The Morgan fingerprint density at radius 1 is 1.00 bits per heavy atom. The number of hydrogen-bond donors (Lipinski definition) is 7. The fourth-order valence-electron chi connectivity index (χ4n) is 11.6. The van der Waals surface area contributed by atoms with E-state index in [9.17, 15) is 47.9 Å². The summed E-state index contributed by atoms with van der Waals surface area (Å²) in [6, 6.07) is 4.55. The number of nitrogens with one attached hydrogen (secondary N) is 2. The third-order valence-electron chi connectivity index (χ3n) is 16.4. The van der Waals surface area contributed by atoms with Gasteiger partial charge < -0.3 is 74.3 Å². The summed E-state index contributed by atoms with van der Waals surface area (Å²) in [5.74, 6) is -4.86. The Labute approximate surface area is 450 Å². The van der Waals surface area contributed by atoms with Gasteiger partial charge >= 0.3 is 5.97 Å². The van der Waals surface area contributed by atoms with E-state index in [-0.39, 0.29) is 49.6 Å². The number of esters is 1. The standard InChI is InChI=1S/C54H91FN4O16S/c1-14-41-54(10,66)47(62)32(4)44(58-75-38-16-15-22-56-29-38)30(2)26-52(8,65)49(33(5)46(34(6)50(64)72-41)73-43-27-53(9,69-12)48(63)35(7)71-43)74-51-45(61)40(24-31(3)70-51)59(11)23-21-42(60)57-37(28-55)25-36-17-19-39(20-18-36)76(13,67)68/h17-20,30-35,37-38,40-41,43,45-49,51,56,61-63,65-66H,14-16,21-29H2,1-13H3,(H,57,60)/b58-44+/t30-,31-,32+,33+,34-,35+,37+,38?,40+,41-,43?,45-,46+,47-,48+,49-,51+,52?,53?,54?/m1/s1. The van der Waals surface area contributed by atoms with Gasteiger partial charge in [-0.2, -0.15) is 0 Å². The number of ether oxygens (including phenoxy) is 6. The number of amides is 1. The van der Waals surface area contributed by atoms with Crippen molar-refractivity contribution in [1.82, 2.24) is 15.5 Å². The normalized spacial score (nSPS) is 40.5. The zero-order valence-electron chi connectivity index (χ0n) is 47.0. The number of aliphatic hydroxyl groups excluding tert-OH is 3. The van der Waals surface area contributed by atoms with Gasteiger partial charge in [-0.25, -0.2) is 12.8 Å². The highest BCUT2D eigenvalue weighted by atomic mass is 32.2. The second-order valence-corrected chi connectivity index (χ2v) is 25.0. The molecule has 1 aromatic rings. The van der Waals surface area contributed by atoms with Crippen LogP contribution in [0.1, 0.15) is 120 Å². The number of halogens is 1. The Hall–Kier alpha value is -2.97. The number of benzene rings is 1. The van der Waals surface area contributed by atoms with Gasteiger partial charge in [-0.3, -0.25) is 9.59 Å². The van der Waals surface area contributed by atoms with Gasteiger partial charge in [-0.15, -0.1) is 0 Å². The number of piperidine rings is 1. The molecule has 4 aliphatic rings. The first-order chi connectivity index (χ1) is 35.5. The summed E-state index contributed by atoms with van der Waals surface area (Å²) < 4.78 is 76.3. The van der Waals surface area contributed by atoms with E-state index in [2.05, 4.69) is 15.8 Å². The summed E-state index contributed by atoms with van der Waals surface area (Å²) >= 11 is 0. The molecule has 0 spiro atoms. The van der Waals surface area contributed by atoms with E-state index in [4.69, 9.17) is 33.3 Å². The van der Waals surface area contributed by atoms with Crippen molar-refractivity contribution in [2.75, 3.05) is 46.7 Å². The molecule has 1 amide bonds. The Morgan fingerprint density at radius 2 is 1.67 bits per heavy atom. The monoisotopic (exact) mass is 1100 g/mol. The summed E-state index contributed by atoms with van der Waals surface area (Å²) in [7, 11) is -0.209. The van der Waals surface area contributed by atoms with Crippen LogP contribution >= 0.6 is 0 Å². The summed E-state index contributed by atoms with van der Waals surface area (Å²) in [6.45, 7) is 17.4. The van der Waals surface area contributed by atoms with Crippen molar-refractivity contribution in [3.8, 4) is 0 Å². The number of likely N-dealkylation sites (N-methyl/N-ethyl adjacent to an activating group) is 1. The lowest BCUT2D eigenvalue weighted by atomic mass is 9.73. The quantitative estimate of drug-likeness (QED) is 0.0872. The highest BCUT2D eigenvalue weighted by molar-refractivity contribution is 7.90. The molecule has 4 aliphatic heterocycles. The number of rotatable bonds is 17. The molecule has 0 radical (unpaired) electrons. The van der Waals surface area contributed by atoms with Crippen molar-refractivity contribution in [3.63, 3.8) is 0 Å². The van der Waals surface area contributed by atoms with Crippen LogP contribution in [0.5, 0.6) is 0 Å². The van der Waals surface area contributed by atoms with E-state index in [1.165, 1.54) is 26.2 Å². The third kappa shape index (κ3) is 15.9. The number of carbonyl (C=O) groups is 2. The predicted molar refractivity (Wildman–Crippen MR) is 280 cm³/mol. The average molecular weight is 1100 g/mol. The summed E-state index contributed by atoms with van der Waals surface area (Å²) in [4.78, 5) is 36.0. The Balaban J connectivity index is 1.48. The minimum absolute atomic E-state index is 0.0369. The highest BCUT2D eigenvalue weighted by Gasteiger charge is 2.53. The van der Waals surface area contributed by atoms with E-state index in [1.54, 1.807) is 72.5 Å². The molecule has 0 bridgehead atoms. The maximum absolute atomic E-state index is 14.6. The number of cyclic esters (lactones) is 1. The summed E-state index contributed by atoms with van der Waals surface area (Å²) in [5.41, 5.74) is -4.01. The molecule has 436 valence electrons. The summed E-state index contributed by atoms with van der Waals surface area (Å²) in [6.07, 6.45) is -8.50. The molecule has 76 heavy (non-hydrogen) atoms. The molecule has 4 heterocycles. The molecule has 4 saturated heterocycles. The fourth-order valence-corrected chi connectivity index (χ4v) is 12.2. The maximum atomic E-state index is 14.6. The molecular formula is C54H91FN4O16S. The lowest BCUT2D eigenvalue weighted by Crippen LogP contribution is -2.61. The molecule has 4 fully saturated rings. The molecular weight excluding hydrogens is 1010 g/mol. The maximum Gasteiger partial charge on any atom is 0.311 e. The first kappa shape index (κ1) is 63.9. The lowest BCUT2D eigenvalue weighted by molar-refractivity contribution is -0.318. The molecule has 1 aromatic carbocycles. The first-order valence-electron chi connectivity index (χ1n) is 27.1. The molecule has 5 unspecified atom stereocenters. The second-order valence-electron chi connectivity index (χ2n) is 23.0. The number of carbonyl (C=O) groups excluding carboxylic acids is 2. The van der Waals surface area contributed by atoms with Gasteiger partial charge in [0.2, 0.25) is 5.91 Å². The van der Waals surface area contributed by atoms with E-state index in [0.29, 0.717) is 24.2 Å². The van der Waals surface area contributed by atoms with Crippen LogP contribution in [0.25, 0.3) is 0 Å². The molecule has 22 heteroatoms. The lowest BCUT2D eigenvalue weighted by Gasteiger charge is -2.49. The largest absolute Gasteiger partial charge is 0.459 e. The van der Waals surface area contributed by atoms with Gasteiger partial charge in [0.1, 0.15) is 36.7 Å². The van der Waals surface area contributed by atoms with Crippen molar-refractivity contribution < 1.29 is 81.2 Å². The number of nitrogens with zero attached hydrogens (tertiary/aromatic N) is 2. The van der Waals surface area contributed by atoms with Crippen molar-refractivity contribution in [1.29, 1.82) is 0 Å². The molecule has 0 aromatic heterocycles. The van der Waals surface area contributed by atoms with Crippen LogP contribution in [0.3, 0.4) is 0 Å². The first-order valence-corrected chi connectivity index (χ1v) is 29.0. The van der Waals surface area contributed by atoms with E-state index in [0.717, 1.165) is 25.6 Å². The Bertz CT molecular complexity index is 2170. The zero-order chi connectivity index (χ0) is 56.7. The van der Waals surface area contributed by atoms with Gasteiger partial charge in [0.05, 0.1) is 64.3 Å². The van der Waals surface area contributed by atoms with Gasteiger partial charge in [-0.1, -0.05) is 45.0 Å². The van der Waals surface area contributed by atoms with Gasteiger partial charge in [0, 0.05) is 63.1 Å². The van der Waals surface area contributed by atoms with Crippen LogP contribution in [0, 0.1) is 23.7 Å². The molecule has 7 N–H and O–H groups in total. The van der Waals surface area contributed by atoms with Crippen LogP contribution < -0.4 is 10.6 Å². The van der Waals surface area contributed by atoms with Crippen LogP contribution in [0.15, 0.2) is 34.3 Å². The predicted octanol–water partition coefficient (Wildman–Crippen LogP) is 3.20. The number of hydrogen-bond acceptors (Lipinski definition) is 19. The molecule has 0 saturated carbocycles. The van der Waals surface area contributed by atoms with Crippen LogP contribution in [-0.2, 0) is 59.1 Å². The number of aliphatic hydroxyl groups is 5. The van der Waals surface area contributed by atoms with Crippen molar-refractivity contribution >= 4 is 27.4 Å². The van der Waals surface area contributed by atoms with Gasteiger partial charge in [0.25, 0.3) is 0 Å². The van der Waals surface area contributed by atoms with Gasteiger partial charge in [0.15, 0.2) is 22.4 Å². The molecule has 20 nitrogen and oxygen atoms in total. The van der Waals surface area contributed by atoms with E-state index >= 15 is 0 Å². The minimum Gasteiger partial charge on any atom is -0.459 e. The number of sulfone groups is 1. The zero-order valence-corrected chi connectivity index (χ0v) is 47.8. The molecule has 20 atom stereocenters. The minimum atomic E-state index is -3.42. The smallest absolute Gasteiger partial charge is 0.311 e. The highest BCUT2D eigenvalue weighted by Crippen LogP contribution is 2.41. The van der Waals surface area contributed by atoms with Crippen LogP contribution in [-0.4, -0.2) is 200 Å². The SMILES string of the molecule is CC[C@H]1OC(=O)[C@H](C)[C@@H](OC2CC(C)(OC)[C@@H](O)[C@H](C)O2)[C@H](C)[C@@H](O[C@@H]2O[C@H](C)C[C@H](N(C)CCC(=O)N[C@H](CF)Cc3ccc(S(C)(=O)=O)cc3)[C@H]2O)C(C)(O)C[C@@H](C)/C(=N\OC2CCCNC2)[C@H](C)[C@@H](O)C1(C)O. The summed E-state index contributed by atoms with van der Waals surface area (Å²) in [5, 5.41) is 71.5. The fraction of sp³-hybridized carbons (Fsp3) is 0.833. The molecule has 5 rings (SSSR count). The van der Waals surface area contributed by atoms with Crippen LogP contribution in [0.2, 0.25) is 0 Å². The van der Waals surface area contributed by atoms with Crippen molar-refractivity contribution in [3.05, 3.63) is 29.8 Å². The van der Waals surface area contributed by atoms with Crippen LogP contribution in [0.4, 0.5) is 4.39 Å². The van der Waals surface area contributed by atoms with Crippen molar-refractivity contribution in [2.45, 2.75) is 222 Å². The molecule has 0 aliphatic carbocycles. The van der Waals surface area contributed by atoms with Crippen molar-refractivity contribution in [2.24, 2.45) is 28.8 Å². The number of alkyl halides is 1. The number of methoxy groups -OCH3 is 1. The topological polar surface area (TPSA) is 274 Å². The second kappa shape index (κ2) is 27.0.